The molecule has 2 amide bonds. The summed E-state index contributed by atoms with van der Waals surface area (Å²) >= 11 is 0. The highest BCUT2D eigenvalue weighted by atomic mass is 32.2. The number of hydrogen-bond donors (Lipinski definition) is 1. The first-order valence-electron chi connectivity index (χ1n) is 20.3. The Morgan fingerprint density at radius 1 is 1.03 bits per heavy atom. The van der Waals surface area contributed by atoms with Crippen LogP contribution in [0.5, 0.6) is 17.4 Å². The number of amides is 2. The van der Waals surface area contributed by atoms with E-state index < -0.39 is 111 Å². The lowest BCUT2D eigenvalue weighted by Crippen LogP contribution is -2.49. The lowest BCUT2D eigenvalue weighted by Gasteiger charge is -2.33. The van der Waals surface area contributed by atoms with Crippen molar-refractivity contribution >= 4 is 44.4 Å². The van der Waals surface area contributed by atoms with Gasteiger partial charge in [0.1, 0.15) is 23.3 Å². The van der Waals surface area contributed by atoms with Crippen LogP contribution >= 0.6 is 0 Å². The minimum atomic E-state index is -4.92. The van der Waals surface area contributed by atoms with E-state index in [-0.39, 0.29) is 60.9 Å². The Labute approximate surface area is 351 Å². The Bertz CT molecular complexity index is 2200. The molecule has 13 nitrogen and oxygen atoms in total. The molecule has 1 saturated heterocycles. The Kier molecular flexibility index (Phi) is 12.8. The van der Waals surface area contributed by atoms with Gasteiger partial charge < -0.3 is 23.8 Å². The van der Waals surface area contributed by atoms with Gasteiger partial charge in [-0.3, -0.25) is 23.9 Å². The van der Waals surface area contributed by atoms with Gasteiger partial charge in [0.15, 0.2) is 17.3 Å². The molecule has 2 saturated carbocycles. The van der Waals surface area contributed by atoms with Crippen molar-refractivity contribution in [2.75, 3.05) is 27.4 Å². The molecule has 4 aliphatic rings. The summed E-state index contributed by atoms with van der Waals surface area (Å²) in [4.78, 5) is 62.3. The van der Waals surface area contributed by atoms with Gasteiger partial charge in [-0.15, -0.1) is 0 Å². The minimum Gasteiger partial charge on any atom is -0.494 e. The first-order chi connectivity index (χ1) is 28.5. The smallest absolute Gasteiger partial charge is 0.427 e. The number of sulfonamides is 1. The second-order valence-corrected chi connectivity index (χ2v) is 19.7. The number of nitrogens with zero attached hydrogens (tertiary/aromatic N) is 2. The Balaban J connectivity index is 1.38. The van der Waals surface area contributed by atoms with E-state index >= 15 is 4.39 Å². The van der Waals surface area contributed by atoms with E-state index in [9.17, 15) is 45.2 Å². The van der Waals surface area contributed by atoms with E-state index in [2.05, 4.69) is 9.71 Å². The van der Waals surface area contributed by atoms with Crippen LogP contribution in [-0.4, -0.2) is 98.0 Å². The number of carbonyl (C=O) groups is 4. The summed E-state index contributed by atoms with van der Waals surface area (Å²) < 4.78 is 119. The second-order valence-electron chi connectivity index (χ2n) is 17.6. The highest BCUT2D eigenvalue weighted by Gasteiger charge is 2.63. The number of benzene rings is 1. The zero-order chi connectivity index (χ0) is 44.9. The predicted octanol–water partition coefficient (Wildman–Crippen LogP) is 6.56. The standard InChI is InChI=1S/C42H52F5N3O10S/c1-23-9-7-8-10-25-18-41(25,38(54)49-61(55,56)40(22-43)11-12-40)19-32(51)31-14-26(59-36-29-15-30(44)33(57-5)16-28(29)34(58-6)20-48-36)21-50(31)37(53)27(24(2)13-23)17-35(52)60-39(3,4)42(45,46)47/h8,10,15-16,20,23-27,31H,7,9,11-14,17-19,21-22H2,1-6H3,(H,49,54)/b10-8-/t23-,24-,25-,26-,27+,31+,41-/m1/s1. The molecule has 0 spiro atoms. The lowest BCUT2D eigenvalue weighted by atomic mass is 9.82. The van der Waals surface area contributed by atoms with Crippen LogP contribution in [0, 0.1) is 34.9 Å². The number of carbonyl (C=O) groups excluding carboxylic acids is 4. The molecule has 0 bridgehead atoms. The molecule has 0 radical (unpaired) electrons. The molecule has 6 rings (SSSR count). The molecule has 1 N–H and O–H groups in total. The fraction of sp³-hybridized carbons (Fsp3) is 0.643. The zero-order valence-corrected chi connectivity index (χ0v) is 35.7. The van der Waals surface area contributed by atoms with Gasteiger partial charge in [0.25, 0.3) is 0 Å². The minimum absolute atomic E-state index is 0.0272. The number of esters is 1. The third kappa shape index (κ3) is 9.17. The van der Waals surface area contributed by atoms with Crippen molar-refractivity contribution in [3.05, 3.63) is 36.3 Å². The molecule has 1 aromatic carbocycles. The number of pyridine rings is 1. The average Bonchev–Trinajstić information content (AvgIpc) is 4.09. The molecule has 2 aromatic rings. The molecule has 1 aromatic heterocycles. The molecule has 3 heterocycles. The number of hydrogen-bond acceptors (Lipinski definition) is 11. The number of ketones is 1. The number of nitrogens with one attached hydrogen (secondary N) is 1. The molecular weight excluding hydrogens is 834 g/mol. The number of halogens is 5. The van der Waals surface area contributed by atoms with Crippen LogP contribution in [-0.2, 0) is 33.9 Å². The Hall–Kier alpha value is -4.55. The summed E-state index contributed by atoms with van der Waals surface area (Å²) in [6.07, 6.45) is -0.850. The maximum absolute atomic E-state index is 15.1. The molecular formula is C42H52F5N3O10S. The topological polar surface area (TPSA) is 167 Å². The highest BCUT2D eigenvalue weighted by Crippen LogP contribution is 2.58. The Morgan fingerprint density at radius 2 is 1.72 bits per heavy atom. The van der Waals surface area contributed by atoms with Crippen LogP contribution in [0.1, 0.15) is 85.5 Å². The third-order valence-electron chi connectivity index (χ3n) is 12.8. The van der Waals surface area contributed by atoms with Crippen molar-refractivity contribution in [2.24, 2.45) is 29.1 Å². The van der Waals surface area contributed by atoms with Crippen LogP contribution in [0.15, 0.2) is 30.5 Å². The number of fused-ring (bicyclic) bond motifs is 3. The van der Waals surface area contributed by atoms with Crippen LogP contribution in [0.25, 0.3) is 10.8 Å². The number of ether oxygens (including phenoxy) is 4. The SMILES string of the molecule is COc1cc2c(OC)cnc(O[C@@H]3C[C@H]4C(=O)C[C@]5(C(=O)NS(=O)(=O)C6(CF)CC6)C[C@H]5/C=C\CC[C@@H](C)C[C@@H](C)[C@H](CC(=O)OC(C)(C)C(F)(F)F)C(=O)N4C3)c2cc1F. The summed E-state index contributed by atoms with van der Waals surface area (Å²) in [5.74, 6) is -6.78. The molecule has 61 heavy (non-hydrogen) atoms. The molecule has 7 atom stereocenters. The summed E-state index contributed by atoms with van der Waals surface area (Å²) in [5, 5.41) is 0.534. The molecule has 336 valence electrons. The van der Waals surface area contributed by atoms with E-state index in [0.29, 0.717) is 38.5 Å². The largest absolute Gasteiger partial charge is 0.494 e. The Morgan fingerprint density at radius 3 is 2.34 bits per heavy atom. The van der Waals surface area contributed by atoms with Crippen molar-refractivity contribution in [3.63, 3.8) is 0 Å². The number of Topliss-reactive ketones (excluding diaryl/α,β-unsaturated/α-hetero) is 1. The molecule has 0 unspecified atom stereocenters. The first-order valence-corrected chi connectivity index (χ1v) is 21.8. The van der Waals surface area contributed by atoms with Gasteiger partial charge in [-0.1, -0.05) is 26.0 Å². The van der Waals surface area contributed by atoms with Gasteiger partial charge in [0.2, 0.25) is 33.3 Å². The van der Waals surface area contributed by atoms with Crippen LogP contribution < -0.4 is 18.9 Å². The van der Waals surface area contributed by atoms with Crippen LogP contribution in [0.3, 0.4) is 0 Å². The molecule has 3 fully saturated rings. The maximum Gasteiger partial charge on any atom is 0.427 e. The van der Waals surface area contributed by atoms with Crippen LogP contribution in [0.2, 0.25) is 0 Å². The van der Waals surface area contributed by atoms with E-state index in [4.69, 9.17) is 18.9 Å². The first kappa shape index (κ1) is 46.0. The summed E-state index contributed by atoms with van der Waals surface area (Å²) in [6.45, 7) is 3.53. The fourth-order valence-electron chi connectivity index (χ4n) is 8.56. The van der Waals surface area contributed by atoms with Crippen molar-refractivity contribution in [3.8, 4) is 17.4 Å². The van der Waals surface area contributed by atoms with Crippen molar-refractivity contribution in [1.82, 2.24) is 14.6 Å². The maximum atomic E-state index is 15.1. The van der Waals surface area contributed by atoms with Gasteiger partial charge in [0.05, 0.1) is 56.1 Å². The van der Waals surface area contributed by atoms with Gasteiger partial charge in [-0.2, -0.15) is 13.2 Å². The predicted molar refractivity (Wildman–Crippen MR) is 210 cm³/mol. The second kappa shape index (κ2) is 17.0. The lowest BCUT2D eigenvalue weighted by molar-refractivity contribution is -0.257. The van der Waals surface area contributed by atoms with Crippen molar-refractivity contribution in [2.45, 2.75) is 114 Å². The van der Waals surface area contributed by atoms with Gasteiger partial charge >= 0.3 is 12.1 Å². The number of alkyl halides is 4. The van der Waals surface area contributed by atoms with Gasteiger partial charge in [-0.25, -0.2) is 22.2 Å². The number of methoxy groups -OCH3 is 2. The monoisotopic (exact) mass is 885 g/mol. The van der Waals surface area contributed by atoms with E-state index in [0.717, 1.165) is 6.07 Å². The fourth-order valence-corrected chi connectivity index (χ4v) is 10.0. The highest BCUT2D eigenvalue weighted by molar-refractivity contribution is 7.91. The molecule has 2 aliphatic carbocycles. The third-order valence-corrected chi connectivity index (χ3v) is 14.9. The van der Waals surface area contributed by atoms with Crippen molar-refractivity contribution < 1.29 is 68.5 Å². The number of aromatic nitrogens is 1. The zero-order valence-electron chi connectivity index (χ0n) is 34.9. The van der Waals surface area contributed by atoms with Crippen LogP contribution in [0.4, 0.5) is 22.0 Å². The normalized spacial score (nSPS) is 28.7. The molecule has 19 heteroatoms. The summed E-state index contributed by atoms with van der Waals surface area (Å²) in [5.41, 5.74) is -4.43. The summed E-state index contributed by atoms with van der Waals surface area (Å²) in [6, 6.07) is 1.19. The summed E-state index contributed by atoms with van der Waals surface area (Å²) in [7, 11) is -1.78. The van der Waals surface area contributed by atoms with Crippen molar-refractivity contribution in [1.29, 1.82) is 0 Å². The van der Waals surface area contributed by atoms with Gasteiger partial charge in [-0.05, 0) is 82.3 Å². The van der Waals surface area contributed by atoms with E-state index in [1.165, 1.54) is 31.4 Å². The quantitative estimate of drug-likeness (QED) is 0.148. The van der Waals surface area contributed by atoms with E-state index in [1.807, 2.05) is 13.0 Å². The molecule has 2 aliphatic heterocycles. The number of allylic oxidation sites excluding steroid dienone is 2. The van der Waals surface area contributed by atoms with Gasteiger partial charge in [0, 0.05) is 18.2 Å². The number of rotatable bonds is 11. The average molecular weight is 886 g/mol. The van der Waals surface area contributed by atoms with E-state index in [1.54, 1.807) is 13.0 Å².